The maximum Gasteiger partial charge on any atom is 0.254 e. The molecule has 0 fully saturated rings. The quantitative estimate of drug-likeness (QED) is 0.759. The molecule has 8 heteroatoms. The van der Waals surface area contributed by atoms with Crippen LogP contribution in [0.4, 0.5) is 11.4 Å². The second-order valence-electron chi connectivity index (χ2n) is 6.46. The van der Waals surface area contributed by atoms with Crippen LogP contribution < -0.4 is 15.4 Å². The molecular formula is C21H23N3O4S. The fourth-order valence-electron chi connectivity index (χ4n) is 2.94. The van der Waals surface area contributed by atoms with Crippen molar-refractivity contribution in [3.8, 4) is 5.75 Å². The van der Waals surface area contributed by atoms with Crippen LogP contribution in [0.15, 0.2) is 47.4 Å². The summed E-state index contributed by atoms with van der Waals surface area (Å²) in [5, 5.41) is 5.62. The van der Waals surface area contributed by atoms with Crippen LogP contribution in [0.2, 0.25) is 0 Å². The molecule has 0 radical (unpaired) electrons. The van der Waals surface area contributed by atoms with E-state index in [2.05, 4.69) is 10.6 Å². The van der Waals surface area contributed by atoms with Gasteiger partial charge in [0.2, 0.25) is 11.8 Å². The van der Waals surface area contributed by atoms with E-state index in [1.165, 1.54) is 4.90 Å². The summed E-state index contributed by atoms with van der Waals surface area (Å²) in [6.45, 7) is 2.12. The predicted molar refractivity (Wildman–Crippen MR) is 114 cm³/mol. The zero-order valence-corrected chi connectivity index (χ0v) is 17.2. The molecule has 2 aromatic carbocycles. The number of hydrogen-bond acceptors (Lipinski definition) is 5. The number of methoxy groups -OCH3 is 1. The van der Waals surface area contributed by atoms with Crippen LogP contribution >= 0.6 is 11.8 Å². The first-order valence-corrected chi connectivity index (χ1v) is 10.3. The number of rotatable bonds is 6. The zero-order valence-electron chi connectivity index (χ0n) is 16.4. The standard InChI is InChI=1S/C21H23N3O4S/c1-3-24(13-20(26)22-15-5-4-6-16(12-15)28-2)21(27)14-7-8-18-17(11-14)23-19(25)9-10-29-18/h4-8,11-12H,3,9-10,13H2,1-2H3,(H,22,26)(H,23,25). The van der Waals surface area contributed by atoms with Crippen LogP contribution in [0.5, 0.6) is 5.75 Å². The van der Waals surface area contributed by atoms with Crippen LogP contribution in [0.1, 0.15) is 23.7 Å². The van der Waals surface area contributed by atoms with Gasteiger partial charge in [-0.05, 0) is 37.3 Å². The molecule has 3 rings (SSSR count). The van der Waals surface area contributed by atoms with Gasteiger partial charge < -0.3 is 20.3 Å². The Balaban J connectivity index is 1.70. The highest BCUT2D eigenvalue weighted by Gasteiger charge is 2.20. The van der Waals surface area contributed by atoms with Crippen molar-refractivity contribution in [3.63, 3.8) is 0 Å². The molecule has 1 aliphatic heterocycles. The zero-order chi connectivity index (χ0) is 20.8. The summed E-state index contributed by atoms with van der Waals surface area (Å²) in [6, 6.07) is 12.3. The Morgan fingerprint density at radius 2 is 2.07 bits per heavy atom. The number of carbonyl (C=O) groups excluding carboxylic acids is 3. The molecule has 7 nitrogen and oxygen atoms in total. The Morgan fingerprint density at radius 1 is 1.24 bits per heavy atom. The van der Waals surface area contributed by atoms with E-state index in [4.69, 9.17) is 4.74 Å². The number of nitrogens with zero attached hydrogens (tertiary/aromatic N) is 1. The lowest BCUT2D eigenvalue weighted by Crippen LogP contribution is -2.37. The summed E-state index contributed by atoms with van der Waals surface area (Å²) < 4.78 is 5.15. The average molecular weight is 413 g/mol. The van der Waals surface area contributed by atoms with Gasteiger partial charge in [-0.1, -0.05) is 6.07 Å². The molecule has 0 atom stereocenters. The monoisotopic (exact) mass is 413 g/mol. The highest BCUT2D eigenvalue weighted by molar-refractivity contribution is 7.99. The number of likely N-dealkylation sites (N-methyl/N-ethyl adjacent to an activating group) is 1. The number of fused-ring (bicyclic) bond motifs is 1. The number of hydrogen-bond donors (Lipinski definition) is 2. The van der Waals surface area contributed by atoms with Gasteiger partial charge in [0.05, 0.1) is 12.8 Å². The summed E-state index contributed by atoms with van der Waals surface area (Å²) in [5.74, 6) is 0.714. The minimum atomic E-state index is -0.299. The molecule has 3 amide bonds. The van der Waals surface area contributed by atoms with Gasteiger partial charge in [-0.25, -0.2) is 0 Å². The molecule has 1 aliphatic rings. The number of nitrogens with one attached hydrogen (secondary N) is 2. The average Bonchev–Trinajstić information content (AvgIpc) is 2.91. The first-order valence-electron chi connectivity index (χ1n) is 9.30. The first kappa shape index (κ1) is 20.7. The topological polar surface area (TPSA) is 87.7 Å². The smallest absolute Gasteiger partial charge is 0.254 e. The van der Waals surface area contributed by atoms with E-state index in [0.29, 0.717) is 41.4 Å². The minimum Gasteiger partial charge on any atom is -0.497 e. The molecule has 0 aliphatic carbocycles. The van der Waals surface area contributed by atoms with Crippen molar-refractivity contribution in [1.82, 2.24) is 4.90 Å². The molecule has 0 aromatic heterocycles. The van der Waals surface area contributed by atoms with E-state index >= 15 is 0 Å². The molecule has 0 spiro atoms. The summed E-state index contributed by atoms with van der Waals surface area (Å²) in [6.07, 6.45) is 0.439. The Hall–Kier alpha value is -3.00. The fraction of sp³-hybridized carbons (Fsp3) is 0.286. The lowest BCUT2D eigenvalue weighted by molar-refractivity contribution is -0.117. The second kappa shape index (κ2) is 9.47. The summed E-state index contributed by atoms with van der Waals surface area (Å²) in [7, 11) is 1.56. The highest BCUT2D eigenvalue weighted by atomic mass is 32.2. The molecule has 1 heterocycles. The van der Waals surface area contributed by atoms with Gasteiger partial charge in [0.1, 0.15) is 12.3 Å². The number of anilines is 2. The van der Waals surface area contributed by atoms with Gasteiger partial charge in [0, 0.05) is 40.9 Å². The lowest BCUT2D eigenvalue weighted by Gasteiger charge is -2.21. The molecule has 0 bridgehead atoms. The Morgan fingerprint density at radius 3 is 2.83 bits per heavy atom. The third kappa shape index (κ3) is 5.29. The molecular weight excluding hydrogens is 390 g/mol. The fourth-order valence-corrected chi connectivity index (χ4v) is 3.87. The molecule has 0 saturated heterocycles. The normalized spacial score (nSPS) is 13.0. The number of thioether (sulfide) groups is 1. The Kier molecular flexibility index (Phi) is 6.77. The molecule has 0 saturated carbocycles. The first-order chi connectivity index (χ1) is 14.0. The van der Waals surface area contributed by atoms with Gasteiger partial charge >= 0.3 is 0 Å². The number of benzene rings is 2. The summed E-state index contributed by atoms with van der Waals surface area (Å²) in [4.78, 5) is 39.6. The predicted octanol–water partition coefficient (Wildman–Crippen LogP) is 3.23. The largest absolute Gasteiger partial charge is 0.497 e. The number of ether oxygens (including phenoxy) is 1. The molecule has 2 N–H and O–H groups in total. The van der Waals surface area contributed by atoms with Gasteiger partial charge in [0.15, 0.2) is 0 Å². The molecule has 0 unspecified atom stereocenters. The van der Waals surface area contributed by atoms with Crippen LogP contribution in [-0.2, 0) is 9.59 Å². The lowest BCUT2D eigenvalue weighted by atomic mass is 10.1. The molecule has 29 heavy (non-hydrogen) atoms. The van der Waals surface area contributed by atoms with Crippen molar-refractivity contribution in [1.29, 1.82) is 0 Å². The Bertz CT molecular complexity index is 932. The van der Waals surface area contributed by atoms with Gasteiger partial charge in [-0.3, -0.25) is 14.4 Å². The van der Waals surface area contributed by atoms with E-state index < -0.39 is 0 Å². The summed E-state index contributed by atoms with van der Waals surface area (Å²) >= 11 is 1.58. The van der Waals surface area contributed by atoms with Gasteiger partial charge in [0.25, 0.3) is 5.91 Å². The highest BCUT2D eigenvalue weighted by Crippen LogP contribution is 2.31. The van der Waals surface area contributed by atoms with E-state index in [0.717, 1.165) is 4.90 Å². The van der Waals surface area contributed by atoms with Crippen LogP contribution in [0.25, 0.3) is 0 Å². The number of carbonyl (C=O) groups is 3. The van der Waals surface area contributed by atoms with Crippen molar-refractivity contribution in [2.45, 2.75) is 18.2 Å². The van der Waals surface area contributed by atoms with Crippen molar-refractivity contribution in [3.05, 3.63) is 48.0 Å². The summed E-state index contributed by atoms with van der Waals surface area (Å²) in [5.41, 5.74) is 1.67. The molecule has 2 aromatic rings. The van der Waals surface area contributed by atoms with Crippen LogP contribution in [0.3, 0.4) is 0 Å². The number of amides is 3. The minimum absolute atomic E-state index is 0.0640. The van der Waals surface area contributed by atoms with Crippen LogP contribution in [-0.4, -0.2) is 48.6 Å². The second-order valence-corrected chi connectivity index (χ2v) is 7.59. The van der Waals surface area contributed by atoms with Gasteiger partial charge in [-0.2, -0.15) is 0 Å². The van der Waals surface area contributed by atoms with Crippen molar-refractivity contribution in [2.75, 3.05) is 36.6 Å². The van der Waals surface area contributed by atoms with Crippen molar-refractivity contribution in [2.24, 2.45) is 0 Å². The maximum atomic E-state index is 12.9. The Labute approximate surface area is 173 Å². The van der Waals surface area contributed by atoms with E-state index in [-0.39, 0.29) is 24.3 Å². The van der Waals surface area contributed by atoms with E-state index in [1.54, 1.807) is 55.3 Å². The van der Waals surface area contributed by atoms with Gasteiger partial charge in [-0.15, -0.1) is 11.8 Å². The maximum absolute atomic E-state index is 12.9. The third-order valence-corrected chi connectivity index (χ3v) is 5.52. The van der Waals surface area contributed by atoms with E-state index in [9.17, 15) is 14.4 Å². The molecule has 152 valence electrons. The van der Waals surface area contributed by atoms with Crippen molar-refractivity contribution >= 4 is 40.9 Å². The van der Waals surface area contributed by atoms with Crippen molar-refractivity contribution < 1.29 is 19.1 Å². The third-order valence-electron chi connectivity index (χ3n) is 4.44. The van der Waals surface area contributed by atoms with E-state index in [1.807, 2.05) is 13.0 Å². The van der Waals surface area contributed by atoms with Crippen LogP contribution in [0, 0.1) is 0 Å². The SMILES string of the molecule is CCN(CC(=O)Nc1cccc(OC)c1)C(=O)c1ccc2c(c1)NC(=O)CCS2.